The predicted molar refractivity (Wildman–Crippen MR) is 123 cm³/mol. The largest absolute Gasteiger partial charge is 0.346 e. The number of nitrogens with zero attached hydrogens (tertiary/aromatic N) is 2. The summed E-state index contributed by atoms with van der Waals surface area (Å²) >= 11 is 3.53. The van der Waals surface area contributed by atoms with Crippen LogP contribution in [0.3, 0.4) is 0 Å². The SMILES string of the molecule is Cc1ccc(S(=O)(=O)N2C[C@H](c3ccccc3F)N3c4ccc(Br)cc4CC[C@H]32)cc1. The molecule has 5 rings (SSSR count). The van der Waals surface area contributed by atoms with E-state index in [1.807, 2.05) is 31.2 Å². The molecule has 2 atom stereocenters. The van der Waals surface area contributed by atoms with Gasteiger partial charge in [-0.15, -0.1) is 0 Å². The molecule has 2 aliphatic rings. The minimum atomic E-state index is -3.73. The lowest BCUT2D eigenvalue weighted by Gasteiger charge is -2.38. The fourth-order valence-electron chi connectivity index (χ4n) is 4.73. The molecular weight excluding hydrogens is 479 g/mol. The number of anilines is 1. The third-order valence-electron chi connectivity index (χ3n) is 6.23. The van der Waals surface area contributed by atoms with E-state index in [-0.39, 0.29) is 23.4 Å². The first kappa shape index (κ1) is 20.7. The fraction of sp³-hybridized carbons (Fsp3) is 0.250. The van der Waals surface area contributed by atoms with Crippen LogP contribution in [-0.4, -0.2) is 25.4 Å². The molecule has 0 unspecified atom stereocenters. The summed E-state index contributed by atoms with van der Waals surface area (Å²) in [6, 6.07) is 19.2. The summed E-state index contributed by atoms with van der Waals surface area (Å²) in [5, 5.41) is 0. The van der Waals surface area contributed by atoms with Crippen LogP contribution in [0.25, 0.3) is 0 Å². The molecule has 4 nitrogen and oxygen atoms in total. The van der Waals surface area contributed by atoms with E-state index in [0.29, 0.717) is 12.0 Å². The summed E-state index contributed by atoms with van der Waals surface area (Å²) in [6.07, 6.45) is 1.06. The van der Waals surface area contributed by atoms with Crippen molar-refractivity contribution in [1.82, 2.24) is 4.31 Å². The van der Waals surface area contributed by atoms with Crippen molar-refractivity contribution in [2.24, 2.45) is 0 Å². The fourth-order valence-corrected chi connectivity index (χ4v) is 6.75. The highest BCUT2D eigenvalue weighted by Gasteiger charge is 2.48. The number of fused-ring (bicyclic) bond motifs is 3. The van der Waals surface area contributed by atoms with Crippen molar-refractivity contribution >= 4 is 31.6 Å². The molecule has 0 N–H and O–H groups in total. The summed E-state index contributed by atoms with van der Waals surface area (Å²) in [6.45, 7) is 2.13. The Bertz CT molecular complexity index is 1250. The van der Waals surface area contributed by atoms with E-state index >= 15 is 0 Å². The van der Waals surface area contributed by atoms with Crippen LogP contribution in [0.4, 0.5) is 10.1 Å². The zero-order chi connectivity index (χ0) is 21.8. The van der Waals surface area contributed by atoms with E-state index in [2.05, 4.69) is 26.9 Å². The van der Waals surface area contributed by atoms with Crippen LogP contribution in [0, 0.1) is 12.7 Å². The van der Waals surface area contributed by atoms with Crippen LogP contribution in [0.15, 0.2) is 76.1 Å². The zero-order valence-electron chi connectivity index (χ0n) is 17.0. The molecular formula is C24H22BrFN2O2S. The van der Waals surface area contributed by atoms with Gasteiger partial charge in [-0.25, -0.2) is 12.8 Å². The molecule has 1 fully saturated rings. The topological polar surface area (TPSA) is 40.6 Å². The Hall–Kier alpha value is -2.22. The molecule has 0 bridgehead atoms. The minimum absolute atomic E-state index is 0.206. The molecule has 7 heteroatoms. The molecule has 0 aromatic heterocycles. The molecule has 0 spiro atoms. The third-order valence-corrected chi connectivity index (χ3v) is 8.60. The first-order valence-electron chi connectivity index (χ1n) is 10.3. The number of hydrogen-bond acceptors (Lipinski definition) is 3. The maximum absolute atomic E-state index is 14.8. The molecule has 160 valence electrons. The van der Waals surface area contributed by atoms with Gasteiger partial charge < -0.3 is 4.90 Å². The van der Waals surface area contributed by atoms with Gasteiger partial charge in [0.15, 0.2) is 0 Å². The quantitative estimate of drug-likeness (QED) is 0.481. The van der Waals surface area contributed by atoms with Gasteiger partial charge in [-0.3, -0.25) is 0 Å². The highest BCUT2D eigenvalue weighted by atomic mass is 79.9. The second-order valence-electron chi connectivity index (χ2n) is 8.12. The van der Waals surface area contributed by atoms with Gasteiger partial charge in [0.2, 0.25) is 10.0 Å². The number of sulfonamides is 1. The van der Waals surface area contributed by atoms with Crippen molar-refractivity contribution in [3.8, 4) is 0 Å². The number of halogens is 2. The highest BCUT2D eigenvalue weighted by molar-refractivity contribution is 9.10. The number of aryl methyl sites for hydroxylation is 2. The maximum atomic E-state index is 14.8. The normalized spacial score (nSPS) is 21.1. The second-order valence-corrected chi connectivity index (χ2v) is 10.9. The summed E-state index contributed by atoms with van der Waals surface area (Å²) in [7, 11) is -3.73. The standard InChI is InChI=1S/C24H22BrFN2O2S/c1-16-6-10-19(11-7-16)31(29,30)27-15-23(20-4-2-3-5-21(20)26)28-22-12-9-18(25)14-17(22)8-13-24(27)28/h2-7,9-12,14,23-24H,8,13,15H2,1H3/t23-,24+/m1/s1. The smallest absolute Gasteiger partial charge is 0.244 e. The number of benzene rings is 3. The molecule has 3 aromatic rings. The van der Waals surface area contributed by atoms with Crippen LogP contribution >= 0.6 is 15.9 Å². The second kappa shape index (κ2) is 7.73. The molecule has 1 saturated heterocycles. The zero-order valence-corrected chi connectivity index (χ0v) is 19.4. The van der Waals surface area contributed by atoms with E-state index in [4.69, 9.17) is 0 Å². The third kappa shape index (κ3) is 3.49. The number of hydrogen-bond donors (Lipinski definition) is 0. The van der Waals surface area contributed by atoms with E-state index in [9.17, 15) is 12.8 Å². The lowest BCUT2D eigenvalue weighted by atomic mass is 9.97. The van der Waals surface area contributed by atoms with Gasteiger partial charge in [0.1, 0.15) is 5.82 Å². The maximum Gasteiger partial charge on any atom is 0.244 e. The minimum Gasteiger partial charge on any atom is -0.346 e. The van der Waals surface area contributed by atoms with Gasteiger partial charge >= 0.3 is 0 Å². The van der Waals surface area contributed by atoms with Crippen molar-refractivity contribution in [3.05, 3.63) is 93.7 Å². The van der Waals surface area contributed by atoms with Crippen LogP contribution in [0.1, 0.15) is 29.2 Å². The Morgan fingerprint density at radius 3 is 2.52 bits per heavy atom. The summed E-state index contributed by atoms with van der Waals surface area (Å²) in [5.41, 5.74) is 3.63. The lowest BCUT2D eigenvalue weighted by molar-refractivity contribution is 0.364. The Balaban J connectivity index is 1.64. The molecule has 0 radical (unpaired) electrons. The Morgan fingerprint density at radius 2 is 1.77 bits per heavy atom. The van der Waals surface area contributed by atoms with Crippen molar-refractivity contribution in [2.75, 3.05) is 11.4 Å². The monoisotopic (exact) mass is 500 g/mol. The highest BCUT2D eigenvalue weighted by Crippen LogP contribution is 2.46. The van der Waals surface area contributed by atoms with Gasteiger partial charge in [-0.2, -0.15) is 4.31 Å². The van der Waals surface area contributed by atoms with Crippen LogP contribution in [0.2, 0.25) is 0 Å². The molecule has 0 saturated carbocycles. The van der Waals surface area contributed by atoms with E-state index in [1.54, 1.807) is 34.6 Å². The van der Waals surface area contributed by atoms with Gasteiger partial charge in [-0.1, -0.05) is 51.8 Å². The van der Waals surface area contributed by atoms with Crippen LogP contribution in [0.5, 0.6) is 0 Å². The molecule has 3 aromatic carbocycles. The van der Waals surface area contributed by atoms with Crippen LogP contribution < -0.4 is 4.90 Å². The van der Waals surface area contributed by atoms with Crippen molar-refractivity contribution in [2.45, 2.75) is 36.9 Å². The van der Waals surface area contributed by atoms with E-state index in [1.165, 1.54) is 6.07 Å². The van der Waals surface area contributed by atoms with Crippen molar-refractivity contribution < 1.29 is 12.8 Å². The Morgan fingerprint density at radius 1 is 1.03 bits per heavy atom. The van der Waals surface area contributed by atoms with E-state index < -0.39 is 16.1 Å². The van der Waals surface area contributed by atoms with Crippen molar-refractivity contribution in [3.63, 3.8) is 0 Å². The summed E-state index contributed by atoms with van der Waals surface area (Å²) in [4.78, 5) is 2.36. The first-order chi connectivity index (χ1) is 14.9. The molecule has 31 heavy (non-hydrogen) atoms. The molecule has 0 aliphatic carbocycles. The predicted octanol–water partition coefficient (Wildman–Crippen LogP) is 5.42. The first-order valence-corrected chi connectivity index (χ1v) is 12.5. The molecule has 0 amide bonds. The summed E-state index contributed by atoms with van der Waals surface area (Å²) < 4.78 is 44.6. The average molecular weight is 501 g/mol. The lowest BCUT2D eigenvalue weighted by Crippen LogP contribution is -2.44. The van der Waals surface area contributed by atoms with Crippen LogP contribution in [-0.2, 0) is 16.4 Å². The Labute approximate surface area is 190 Å². The summed E-state index contributed by atoms with van der Waals surface area (Å²) in [5.74, 6) is -0.315. The molecule has 2 heterocycles. The van der Waals surface area contributed by atoms with Gasteiger partial charge in [-0.05, 0) is 61.7 Å². The molecule has 2 aliphatic heterocycles. The van der Waals surface area contributed by atoms with E-state index in [0.717, 1.165) is 27.7 Å². The van der Waals surface area contributed by atoms with Gasteiger partial charge in [0, 0.05) is 22.3 Å². The average Bonchev–Trinajstić information content (AvgIpc) is 3.15. The van der Waals surface area contributed by atoms with Gasteiger partial charge in [0.05, 0.1) is 17.1 Å². The van der Waals surface area contributed by atoms with Gasteiger partial charge in [0.25, 0.3) is 0 Å². The number of rotatable bonds is 3. The Kier molecular flexibility index (Phi) is 5.15. The van der Waals surface area contributed by atoms with Crippen molar-refractivity contribution in [1.29, 1.82) is 0 Å².